The minimum atomic E-state index is -0.390. The van der Waals surface area contributed by atoms with Crippen molar-refractivity contribution < 1.29 is 19.4 Å². The van der Waals surface area contributed by atoms with E-state index in [0.717, 1.165) is 11.1 Å². The zero-order valence-electron chi connectivity index (χ0n) is 13.9. The molecule has 0 saturated heterocycles. The first-order valence-electron chi connectivity index (χ1n) is 7.38. The number of hydrogen-bond acceptors (Lipinski definition) is 5. The smallest absolute Gasteiger partial charge is 0.277 e. The fourth-order valence-electron chi connectivity index (χ4n) is 2.07. The van der Waals surface area contributed by atoms with Crippen molar-refractivity contribution in [1.29, 1.82) is 0 Å². The molecule has 2 N–H and O–H groups in total. The number of nitrogens with one attached hydrogen (secondary N) is 1. The van der Waals surface area contributed by atoms with E-state index in [9.17, 15) is 9.90 Å². The highest BCUT2D eigenvalue weighted by atomic mass is 16.5. The maximum atomic E-state index is 11.7. The highest BCUT2D eigenvalue weighted by Crippen LogP contribution is 2.21. The molecule has 0 aliphatic carbocycles. The van der Waals surface area contributed by atoms with Crippen molar-refractivity contribution in [2.75, 3.05) is 13.7 Å². The highest BCUT2D eigenvalue weighted by molar-refractivity contribution is 5.85. The molecule has 6 heteroatoms. The number of benzene rings is 2. The molecule has 0 aromatic heterocycles. The number of hydrazone groups is 1. The van der Waals surface area contributed by atoms with E-state index in [1.54, 1.807) is 12.1 Å². The van der Waals surface area contributed by atoms with Gasteiger partial charge < -0.3 is 14.6 Å². The van der Waals surface area contributed by atoms with Crippen LogP contribution in [0.1, 0.15) is 16.7 Å². The average molecular weight is 328 g/mol. The van der Waals surface area contributed by atoms with Crippen molar-refractivity contribution in [3.8, 4) is 17.2 Å². The molecule has 2 aromatic carbocycles. The van der Waals surface area contributed by atoms with Crippen LogP contribution in [0, 0.1) is 13.8 Å². The van der Waals surface area contributed by atoms with Crippen LogP contribution in [-0.2, 0) is 4.79 Å². The largest absolute Gasteiger partial charge is 0.507 e. The summed E-state index contributed by atoms with van der Waals surface area (Å²) in [5.41, 5.74) is 4.92. The summed E-state index contributed by atoms with van der Waals surface area (Å²) in [6, 6.07) is 10.5. The number of amides is 1. The Morgan fingerprint density at radius 1 is 1.25 bits per heavy atom. The molecule has 0 radical (unpaired) electrons. The summed E-state index contributed by atoms with van der Waals surface area (Å²) >= 11 is 0. The molecule has 2 rings (SSSR count). The SMILES string of the molecule is COc1ccc(/C=N\NC(=O)COc2ccc(C)cc2C)c(O)c1. The third-order valence-corrected chi connectivity index (χ3v) is 3.32. The summed E-state index contributed by atoms with van der Waals surface area (Å²) in [4.78, 5) is 11.7. The normalized spacial score (nSPS) is 10.6. The molecule has 0 fully saturated rings. The van der Waals surface area contributed by atoms with Crippen LogP contribution in [0.5, 0.6) is 17.2 Å². The number of aryl methyl sites for hydroxylation is 2. The second-order valence-corrected chi connectivity index (χ2v) is 5.28. The van der Waals surface area contributed by atoms with E-state index >= 15 is 0 Å². The van der Waals surface area contributed by atoms with E-state index in [1.807, 2.05) is 32.0 Å². The topological polar surface area (TPSA) is 80.2 Å². The van der Waals surface area contributed by atoms with Crippen LogP contribution in [0.2, 0.25) is 0 Å². The van der Waals surface area contributed by atoms with Crippen molar-refractivity contribution in [2.45, 2.75) is 13.8 Å². The van der Waals surface area contributed by atoms with Gasteiger partial charge in [-0.1, -0.05) is 17.7 Å². The summed E-state index contributed by atoms with van der Waals surface area (Å²) in [6.07, 6.45) is 1.35. The van der Waals surface area contributed by atoms with Gasteiger partial charge in [-0.2, -0.15) is 5.10 Å². The predicted octanol–water partition coefficient (Wildman–Crippen LogP) is 2.55. The van der Waals surface area contributed by atoms with Gasteiger partial charge in [0.05, 0.1) is 13.3 Å². The number of hydrogen-bond donors (Lipinski definition) is 2. The van der Waals surface area contributed by atoms with Gasteiger partial charge in [0.1, 0.15) is 17.2 Å². The second kappa shape index (κ2) is 8.01. The zero-order chi connectivity index (χ0) is 17.5. The lowest BCUT2D eigenvalue weighted by Gasteiger charge is -2.08. The van der Waals surface area contributed by atoms with Crippen molar-refractivity contribution in [1.82, 2.24) is 5.43 Å². The molecule has 6 nitrogen and oxygen atoms in total. The molecule has 126 valence electrons. The van der Waals surface area contributed by atoms with Gasteiger partial charge in [0, 0.05) is 11.6 Å². The fourth-order valence-corrected chi connectivity index (χ4v) is 2.07. The van der Waals surface area contributed by atoms with Gasteiger partial charge in [-0.25, -0.2) is 5.43 Å². The molecule has 0 aliphatic rings. The maximum Gasteiger partial charge on any atom is 0.277 e. The molecular formula is C18H20N2O4. The summed E-state index contributed by atoms with van der Waals surface area (Å²) in [7, 11) is 1.51. The number of aromatic hydroxyl groups is 1. The minimum Gasteiger partial charge on any atom is -0.507 e. The van der Waals surface area contributed by atoms with Crippen molar-refractivity contribution in [3.63, 3.8) is 0 Å². The fraction of sp³-hybridized carbons (Fsp3) is 0.222. The maximum absolute atomic E-state index is 11.7. The Labute approximate surface area is 140 Å². The van der Waals surface area contributed by atoms with Crippen molar-refractivity contribution in [2.24, 2.45) is 5.10 Å². The van der Waals surface area contributed by atoms with Gasteiger partial charge in [-0.15, -0.1) is 0 Å². The number of carbonyl (C=O) groups is 1. The van der Waals surface area contributed by atoms with Crippen LogP contribution in [0.15, 0.2) is 41.5 Å². The summed E-state index contributed by atoms with van der Waals surface area (Å²) < 4.78 is 10.5. The van der Waals surface area contributed by atoms with Crippen LogP contribution >= 0.6 is 0 Å². The highest BCUT2D eigenvalue weighted by Gasteiger charge is 2.05. The molecule has 0 aliphatic heterocycles. The van der Waals surface area contributed by atoms with Crippen LogP contribution < -0.4 is 14.9 Å². The number of phenols is 1. The Kier molecular flexibility index (Phi) is 5.78. The number of rotatable bonds is 6. The average Bonchev–Trinajstić information content (AvgIpc) is 2.55. The van der Waals surface area contributed by atoms with E-state index in [-0.39, 0.29) is 18.3 Å². The van der Waals surface area contributed by atoms with E-state index in [2.05, 4.69) is 10.5 Å². The van der Waals surface area contributed by atoms with Gasteiger partial charge >= 0.3 is 0 Å². The number of methoxy groups -OCH3 is 1. The van der Waals surface area contributed by atoms with Gasteiger partial charge in [-0.05, 0) is 37.6 Å². The molecule has 0 bridgehead atoms. The van der Waals surface area contributed by atoms with E-state index in [4.69, 9.17) is 9.47 Å². The first-order chi connectivity index (χ1) is 11.5. The molecule has 0 saturated carbocycles. The standard InChI is InChI=1S/C18H20N2O4/c1-12-4-7-17(13(2)8-12)24-11-18(22)20-19-10-14-5-6-15(23-3)9-16(14)21/h4-10,21H,11H2,1-3H3,(H,20,22)/b19-10-. The monoisotopic (exact) mass is 328 g/mol. The third kappa shape index (κ3) is 4.74. The van der Waals surface area contributed by atoms with Crippen molar-refractivity contribution in [3.05, 3.63) is 53.1 Å². The number of carbonyl (C=O) groups excluding carboxylic acids is 1. The first-order valence-corrected chi connectivity index (χ1v) is 7.38. The lowest BCUT2D eigenvalue weighted by Crippen LogP contribution is -2.24. The molecule has 2 aromatic rings. The van der Waals surface area contributed by atoms with Gasteiger partial charge in [0.25, 0.3) is 5.91 Å². The number of phenolic OH excluding ortho intramolecular Hbond substituents is 1. The first kappa shape index (κ1) is 17.3. The van der Waals surface area contributed by atoms with Gasteiger partial charge in [0.2, 0.25) is 0 Å². The molecule has 0 atom stereocenters. The lowest BCUT2D eigenvalue weighted by molar-refractivity contribution is -0.123. The molecule has 24 heavy (non-hydrogen) atoms. The van der Waals surface area contributed by atoms with Crippen LogP contribution in [0.4, 0.5) is 0 Å². The quantitative estimate of drug-likeness (QED) is 0.631. The molecule has 1 amide bonds. The van der Waals surface area contributed by atoms with E-state index < -0.39 is 0 Å². The zero-order valence-corrected chi connectivity index (χ0v) is 13.9. The Hall–Kier alpha value is -3.02. The van der Waals surface area contributed by atoms with Crippen LogP contribution in [0.3, 0.4) is 0 Å². The van der Waals surface area contributed by atoms with Gasteiger partial charge in [0.15, 0.2) is 6.61 Å². The molecule has 0 heterocycles. The Balaban J connectivity index is 1.86. The number of nitrogens with zero attached hydrogens (tertiary/aromatic N) is 1. The van der Waals surface area contributed by atoms with E-state index in [1.165, 1.54) is 19.4 Å². The Morgan fingerprint density at radius 2 is 2.04 bits per heavy atom. The third-order valence-electron chi connectivity index (χ3n) is 3.32. The van der Waals surface area contributed by atoms with Crippen LogP contribution in [0.25, 0.3) is 0 Å². The summed E-state index contributed by atoms with van der Waals surface area (Å²) in [5.74, 6) is 0.821. The summed E-state index contributed by atoms with van der Waals surface area (Å²) in [6.45, 7) is 3.77. The molecule has 0 unspecified atom stereocenters. The molecular weight excluding hydrogens is 308 g/mol. The van der Waals surface area contributed by atoms with Crippen molar-refractivity contribution >= 4 is 12.1 Å². The predicted molar refractivity (Wildman–Crippen MR) is 91.8 cm³/mol. The van der Waals surface area contributed by atoms with E-state index in [0.29, 0.717) is 17.1 Å². The number of ether oxygens (including phenoxy) is 2. The van der Waals surface area contributed by atoms with Gasteiger partial charge in [-0.3, -0.25) is 4.79 Å². The Bertz CT molecular complexity index is 757. The Morgan fingerprint density at radius 3 is 2.71 bits per heavy atom. The second-order valence-electron chi connectivity index (χ2n) is 5.28. The molecule has 0 spiro atoms. The summed E-state index contributed by atoms with van der Waals surface area (Å²) in [5, 5.41) is 13.6. The minimum absolute atomic E-state index is 0.0129. The van der Waals surface area contributed by atoms with Crippen LogP contribution in [-0.4, -0.2) is 30.9 Å². The lowest BCUT2D eigenvalue weighted by atomic mass is 10.1.